The van der Waals surface area contributed by atoms with Crippen LogP contribution in [0.1, 0.15) is 65.7 Å². The number of nitrogens with one attached hydrogen (secondary N) is 3. The number of thiophene rings is 1. The molecule has 0 aromatic carbocycles. The Balaban J connectivity index is 1.79. The third-order valence-electron chi connectivity index (χ3n) is 7.22. The third kappa shape index (κ3) is 8.02. The van der Waals surface area contributed by atoms with Crippen LogP contribution in [0.25, 0.3) is 0 Å². The molecule has 13 heteroatoms. The molecule has 1 aromatic rings. The largest absolute Gasteiger partial charge is 0.479 e. The van der Waals surface area contributed by atoms with E-state index in [0.29, 0.717) is 25.0 Å². The molecule has 1 saturated heterocycles. The number of alkyl carbamates (subject to hydrolysis) is 2. The highest BCUT2D eigenvalue weighted by Crippen LogP contribution is 2.38. The van der Waals surface area contributed by atoms with Gasteiger partial charge < -0.3 is 35.4 Å². The number of carboxylic acid groups (broad SMARTS) is 1. The Labute approximate surface area is 250 Å². The Hall–Kier alpha value is -3.61. The summed E-state index contributed by atoms with van der Waals surface area (Å²) >= 11 is 1.57. The number of carbonyl (C=O) groups is 5. The number of nitrogens with zero attached hydrogens (tertiary/aromatic N) is 1. The van der Waals surface area contributed by atoms with Gasteiger partial charge in [-0.05, 0) is 62.5 Å². The van der Waals surface area contributed by atoms with Crippen molar-refractivity contribution in [2.45, 2.75) is 96.6 Å². The SMILES string of the molecule is C=C1CCC1(NC(=O)[C@@H]1CC(OC(=O)NCCc2cccs2)CN1C(=O)[C@@H](NC(=O)OC(C)(C)C)C(C)(C)C)C(=O)O. The second-order valence-electron chi connectivity index (χ2n) is 12.8. The molecule has 3 rings (SSSR count). The van der Waals surface area contributed by atoms with Crippen LogP contribution in [0.5, 0.6) is 0 Å². The molecule has 1 aromatic heterocycles. The summed E-state index contributed by atoms with van der Waals surface area (Å²) in [6, 6.07) is 1.62. The number of carbonyl (C=O) groups excluding carboxylic acids is 4. The van der Waals surface area contributed by atoms with E-state index in [1.54, 1.807) is 52.9 Å². The Bertz CT molecular complexity index is 1190. The van der Waals surface area contributed by atoms with Gasteiger partial charge in [-0.2, -0.15) is 0 Å². The Morgan fingerprint density at radius 1 is 1.17 bits per heavy atom. The molecule has 2 fully saturated rings. The first-order valence-corrected chi connectivity index (χ1v) is 14.8. The Kier molecular flexibility index (Phi) is 9.96. The van der Waals surface area contributed by atoms with E-state index in [1.165, 1.54) is 4.90 Å². The van der Waals surface area contributed by atoms with E-state index in [9.17, 15) is 29.1 Å². The molecule has 1 aliphatic carbocycles. The van der Waals surface area contributed by atoms with Gasteiger partial charge in [0.1, 0.15) is 23.8 Å². The lowest BCUT2D eigenvalue weighted by Crippen LogP contribution is -2.64. The molecule has 2 aliphatic rings. The van der Waals surface area contributed by atoms with Crippen LogP contribution >= 0.6 is 11.3 Å². The van der Waals surface area contributed by atoms with Crippen molar-refractivity contribution in [3.8, 4) is 0 Å². The Morgan fingerprint density at radius 2 is 1.86 bits per heavy atom. The Morgan fingerprint density at radius 3 is 2.36 bits per heavy atom. The van der Waals surface area contributed by atoms with E-state index in [4.69, 9.17) is 9.47 Å². The van der Waals surface area contributed by atoms with E-state index >= 15 is 0 Å². The molecule has 4 N–H and O–H groups in total. The fraction of sp³-hybridized carbons (Fsp3) is 0.621. The maximum atomic E-state index is 14.0. The van der Waals surface area contributed by atoms with Crippen molar-refractivity contribution >= 4 is 41.3 Å². The number of rotatable bonds is 9. The molecule has 4 amide bonds. The van der Waals surface area contributed by atoms with Crippen molar-refractivity contribution in [2.75, 3.05) is 13.1 Å². The van der Waals surface area contributed by atoms with Gasteiger partial charge >= 0.3 is 18.2 Å². The van der Waals surface area contributed by atoms with E-state index in [-0.39, 0.29) is 19.4 Å². The van der Waals surface area contributed by atoms with Crippen molar-refractivity contribution < 1.29 is 38.6 Å². The maximum absolute atomic E-state index is 14.0. The smallest absolute Gasteiger partial charge is 0.408 e. The predicted octanol–water partition coefficient (Wildman–Crippen LogP) is 3.22. The lowest BCUT2D eigenvalue weighted by Gasteiger charge is -2.42. The zero-order valence-corrected chi connectivity index (χ0v) is 25.9. The molecule has 232 valence electrons. The number of hydrogen-bond donors (Lipinski definition) is 4. The van der Waals surface area contributed by atoms with Crippen LogP contribution in [0, 0.1) is 5.41 Å². The van der Waals surface area contributed by atoms with E-state index in [1.807, 2.05) is 17.5 Å². The third-order valence-corrected chi connectivity index (χ3v) is 8.16. The van der Waals surface area contributed by atoms with Crippen molar-refractivity contribution in [2.24, 2.45) is 5.41 Å². The van der Waals surface area contributed by atoms with Crippen LogP contribution in [-0.4, -0.2) is 82.4 Å². The highest BCUT2D eigenvalue weighted by atomic mass is 32.1. The number of likely N-dealkylation sites (tertiary alicyclic amines) is 1. The van der Waals surface area contributed by atoms with Gasteiger partial charge in [-0.1, -0.05) is 33.4 Å². The van der Waals surface area contributed by atoms with Crippen molar-refractivity contribution in [3.63, 3.8) is 0 Å². The minimum Gasteiger partial charge on any atom is -0.479 e. The minimum absolute atomic E-state index is 0.0542. The molecule has 0 bridgehead atoms. The first-order valence-electron chi connectivity index (χ1n) is 13.9. The summed E-state index contributed by atoms with van der Waals surface area (Å²) in [5.74, 6) is -2.53. The summed E-state index contributed by atoms with van der Waals surface area (Å²) in [6.07, 6.45) is -1.16. The molecule has 2 unspecified atom stereocenters. The number of amides is 4. The highest BCUT2D eigenvalue weighted by Gasteiger charge is 2.52. The van der Waals surface area contributed by atoms with Gasteiger partial charge in [0.15, 0.2) is 5.54 Å². The first-order chi connectivity index (χ1) is 19.4. The molecule has 12 nitrogen and oxygen atoms in total. The molecule has 42 heavy (non-hydrogen) atoms. The van der Waals surface area contributed by atoms with Gasteiger partial charge in [0.25, 0.3) is 0 Å². The van der Waals surface area contributed by atoms with E-state index in [0.717, 1.165) is 4.88 Å². The van der Waals surface area contributed by atoms with Gasteiger partial charge in [0, 0.05) is 17.8 Å². The van der Waals surface area contributed by atoms with Crippen molar-refractivity contribution in [1.29, 1.82) is 0 Å². The standard InChI is InChI=1S/C29H42N4O8S/c1-17-10-12-29(17,24(36)37)32-22(34)20-15-18(40-25(38)30-13-11-19-9-8-14-42-19)16-33(20)23(35)21(27(2,3)4)31-26(39)41-28(5,6)7/h8-9,14,18,20-21H,1,10-13,15-16H2,2-7H3,(H,30,38)(H,31,39)(H,32,34)(H,36,37)/t18?,20-,21+,29?/m0/s1. The zero-order valence-electron chi connectivity index (χ0n) is 25.1. The second-order valence-corrected chi connectivity index (χ2v) is 13.8. The van der Waals surface area contributed by atoms with Crippen molar-refractivity contribution in [3.05, 3.63) is 34.5 Å². The number of hydrogen-bond acceptors (Lipinski definition) is 8. The van der Waals surface area contributed by atoms with E-state index in [2.05, 4.69) is 22.5 Å². The molecule has 0 radical (unpaired) electrons. The summed E-state index contributed by atoms with van der Waals surface area (Å²) in [7, 11) is 0. The summed E-state index contributed by atoms with van der Waals surface area (Å²) in [5.41, 5.74) is -2.87. The molecule has 0 spiro atoms. The van der Waals surface area contributed by atoms with E-state index < -0.39 is 64.7 Å². The number of ether oxygens (including phenoxy) is 2. The minimum atomic E-state index is -1.62. The molecule has 1 saturated carbocycles. The average Bonchev–Trinajstić information content (AvgIpc) is 3.52. The second kappa shape index (κ2) is 12.7. The monoisotopic (exact) mass is 606 g/mol. The molecular formula is C29H42N4O8S. The van der Waals surface area contributed by atoms with Crippen LogP contribution < -0.4 is 16.0 Å². The average molecular weight is 607 g/mol. The topological polar surface area (TPSA) is 163 Å². The van der Waals surface area contributed by atoms with Crippen LogP contribution in [0.3, 0.4) is 0 Å². The van der Waals surface area contributed by atoms with Crippen LogP contribution in [0.4, 0.5) is 9.59 Å². The predicted molar refractivity (Wildman–Crippen MR) is 156 cm³/mol. The van der Waals surface area contributed by atoms with Gasteiger partial charge in [-0.3, -0.25) is 9.59 Å². The molecule has 4 atom stereocenters. The molecular weight excluding hydrogens is 564 g/mol. The number of carboxylic acids is 1. The van der Waals surface area contributed by atoms with Crippen molar-refractivity contribution in [1.82, 2.24) is 20.9 Å². The quantitative estimate of drug-likeness (QED) is 0.311. The maximum Gasteiger partial charge on any atom is 0.408 e. The zero-order chi connectivity index (χ0) is 31.5. The lowest BCUT2D eigenvalue weighted by atomic mass is 9.72. The lowest BCUT2D eigenvalue weighted by molar-refractivity contribution is -0.150. The normalized spacial score (nSPS) is 22.9. The highest BCUT2D eigenvalue weighted by molar-refractivity contribution is 7.09. The van der Waals surface area contributed by atoms with Crippen LogP contribution in [0.15, 0.2) is 29.7 Å². The van der Waals surface area contributed by atoms with Crippen LogP contribution in [-0.2, 0) is 30.3 Å². The molecule has 1 aliphatic heterocycles. The van der Waals surface area contributed by atoms with Gasteiger partial charge in [0.05, 0.1) is 6.54 Å². The summed E-state index contributed by atoms with van der Waals surface area (Å²) in [5, 5.41) is 19.7. The fourth-order valence-corrected chi connectivity index (χ4v) is 5.57. The van der Waals surface area contributed by atoms with Crippen LogP contribution in [0.2, 0.25) is 0 Å². The summed E-state index contributed by atoms with van der Waals surface area (Å²) in [6.45, 7) is 14.3. The summed E-state index contributed by atoms with van der Waals surface area (Å²) < 4.78 is 10.9. The fourth-order valence-electron chi connectivity index (χ4n) is 4.86. The summed E-state index contributed by atoms with van der Waals surface area (Å²) in [4.78, 5) is 67.2. The van der Waals surface area contributed by atoms with Gasteiger partial charge in [0.2, 0.25) is 11.8 Å². The van der Waals surface area contributed by atoms with Gasteiger partial charge in [-0.25, -0.2) is 14.4 Å². The molecule has 2 heterocycles. The first kappa shape index (κ1) is 32.9. The number of aliphatic carboxylic acids is 1. The van der Waals surface area contributed by atoms with Gasteiger partial charge in [-0.15, -0.1) is 11.3 Å².